The molecule has 0 atom stereocenters. The molecule has 1 aromatic carbocycles. The van der Waals surface area contributed by atoms with E-state index >= 15 is 0 Å². The lowest BCUT2D eigenvalue weighted by Crippen LogP contribution is -2.03. The topological polar surface area (TPSA) is 43.4 Å². The Morgan fingerprint density at radius 2 is 1.85 bits per heavy atom. The van der Waals surface area contributed by atoms with Crippen LogP contribution in [-0.4, -0.2) is 18.6 Å². The van der Waals surface area contributed by atoms with Crippen molar-refractivity contribution in [2.24, 2.45) is 0 Å². The van der Waals surface area contributed by atoms with E-state index in [0.29, 0.717) is 6.61 Å². The summed E-state index contributed by atoms with van der Waals surface area (Å²) in [6.45, 7) is 3.55. The number of methoxy groups -OCH3 is 1. The summed E-state index contributed by atoms with van der Waals surface area (Å²) in [5, 5.41) is 3.34. The summed E-state index contributed by atoms with van der Waals surface area (Å²) < 4.78 is 10.8. The molecule has 1 N–H and O–H groups in total. The number of hydrogen-bond acceptors (Lipinski definition) is 4. The second-order valence-electron chi connectivity index (χ2n) is 4.43. The number of hydrogen-bond donors (Lipinski definition) is 1. The first-order valence-electron chi connectivity index (χ1n) is 6.77. The molecule has 0 aliphatic rings. The van der Waals surface area contributed by atoms with E-state index < -0.39 is 0 Å². The van der Waals surface area contributed by atoms with Gasteiger partial charge in [0, 0.05) is 18.4 Å². The van der Waals surface area contributed by atoms with Gasteiger partial charge in [-0.3, -0.25) is 4.98 Å². The molecule has 0 bridgehead atoms. The molecular formula is C16H20N2O2. The highest BCUT2D eigenvalue weighted by atomic mass is 16.5. The molecule has 0 unspecified atom stereocenters. The number of nitrogens with one attached hydrogen (secondary N) is 1. The Balaban J connectivity index is 1.92. The third-order valence-electron chi connectivity index (χ3n) is 2.84. The van der Waals surface area contributed by atoms with Gasteiger partial charge in [0.05, 0.1) is 12.8 Å². The van der Waals surface area contributed by atoms with Gasteiger partial charge >= 0.3 is 0 Å². The number of pyridine rings is 1. The van der Waals surface area contributed by atoms with Crippen molar-refractivity contribution in [1.29, 1.82) is 0 Å². The van der Waals surface area contributed by atoms with E-state index in [2.05, 4.69) is 17.2 Å². The van der Waals surface area contributed by atoms with Crippen LogP contribution in [0.15, 0.2) is 42.6 Å². The molecule has 4 nitrogen and oxygen atoms in total. The van der Waals surface area contributed by atoms with Gasteiger partial charge in [0.25, 0.3) is 0 Å². The van der Waals surface area contributed by atoms with Gasteiger partial charge in [-0.2, -0.15) is 0 Å². The van der Waals surface area contributed by atoms with Crippen LogP contribution in [0, 0.1) is 0 Å². The molecule has 1 heterocycles. The number of ether oxygens (including phenoxy) is 2. The highest BCUT2D eigenvalue weighted by Gasteiger charge is 2.00. The normalized spacial score (nSPS) is 10.1. The molecule has 0 saturated carbocycles. The van der Waals surface area contributed by atoms with E-state index in [1.54, 1.807) is 13.3 Å². The second-order valence-corrected chi connectivity index (χ2v) is 4.43. The van der Waals surface area contributed by atoms with Crippen molar-refractivity contribution in [3.8, 4) is 11.5 Å². The van der Waals surface area contributed by atoms with Crippen molar-refractivity contribution < 1.29 is 9.47 Å². The fourth-order valence-electron chi connectivity index (χ4n) is 1.77. The minimum absolute atomic E-state index is 0.452. The van der Waals surface area contributed by atoms with Crippen molar-refractivity contribution >= 4 is 5.69 Å². The Kier molecular flexibility index (Phi) is 5.24. The Morgan fingerprint density at radius 3 is 2.55 bits per heavy atom. The monoisotopic (exact) mass is 272 g/mol. The highest BCUT2D eigenvalue weighted by Crippen LogP contribution is 2.18. The summed E-state index contributed by atoms with van der Waals surface area (Å²) in [5.41, 5.74) is 1.98. The third kappa shape index (κ3) is 4.16. The zero-order valence-corrected chi connectivity index (χ0v) is 11.9. The molecule has 2 rings (SSSR count). The largest absolute Gasteiger partial charge is 0.497 e. The molecule has 0 saturated heterocycles. The average Bonchev–Trinajstić information content (AvgIpc) is 2.52. The molecule has 1 aromatic heterocycles. The van der Waals surface area contributed by atoms with Crippen LogP contribution in [0.2, 0.25) is 0 Å². The van der Waals surface area contributed by atoms with E-state index in [0.717, 1.165) is 35.8 Å². The van der Waals surface area contributed by atoms with Crippen LogP contribution < -0.4 is 14.8 Å². The fourth-order valence-corrected chi connectivity index (χ4v) is 1.77. The first-order chi connectivity index (χ1) is 9.81. The van der Waals surface area contributed by atoms with Crippen LogP contribution in [0.4, 0.5) is 5.69 Å². The summed E-state index contributed by atoms with van der Waals surface area (Å²) in [6.07, 6.45) is 2.89. The van der Waals surface area contributed by atoms with Crippen molar-refractivity contribution in [2.75, 3.05) is 19.0 Å². The molecular weight excluding hydrogens is 252 g/mol. The predicted molar refractivity (Wildman–Crippen MR) is 80.3 cm³/mol. The maximum Gasteiger partial charge on any atom is 0.130 e. The molecule has 0 amide bonds. The number of aromatic nitrogens is 1. The molecule has 4 heteroatoms. The van der Waals surface area contributed by atoms with E-state index in [1.165, 1.54) is 0 Å². The zero-order chi connectivity index (χ0) is 14.2. The van der Waals surface area contributed by atoms with Gasteiger partial charge in [-0.25, -0.2) is 0 Å². The van der Waals surface area contributed by atoms with Crippen molar-refractivity contribution in [3.63, 3.8) is 0 Å². The van der Waals surface area contributed by atoms with Gasteiger partial charge < -0.3 is 14.8 Å². The number of benzene rings is 1. The Labute approximate surface area is 119 Å². The summed E-state index contributed by atoms with van der Waals surface area (Å²) >= 11 is 0. The second kappa shape index (κ2) is 7.38. The van der Waals surface area contributed by atoms with Gasteiger partial charge in [-0.05, 0) is 42.8 Å². The van der Waals surface area contributed by atoms with Crippen molar-refractivity contribution in [3.05, 3.63) is 48.3 Å². The van der Waals surface area contributed by atoms with Gasteiger partial charge in [-0.1, -0.05) is 6.92 Å². The van der Waals surface area contributed by atoms with Crippen LogP contribution in [0.5, 0.6) is 11.5 Å². The maximum atomic E-state index is 5.71. The fraction of sp³-hybridized carbons (Fsp3) is 0.312. The number of nitrogens with zero attached hydrogens (tertiary/aromatic N) is 1. The maximum absolute atomic E-state index is 5.71. The molecule has 106 valence electrons. The van der Waals surface area contributed by atoms with Gasteiger partial charge in [-0.15, -0.1) is 0 Å². The minimum atomic E-state index is 0.452. The van der Waals surface area contributed by atoms with E-state index in [4.69, 9.17) is 9.47 Å². The molecule has 0 radical (unpaired) electrons. The number of rotatable bonds is 7. The summed E-state index contributed by atoms with van der Waals surface area (Å²) in [4.78, 5) is 4.31. The molecule has 0 aliphatic carbocycles. The molecule has 2 aromatic rings. The lowest BCUT2D eigenvalue weighted by atomic mass is 10.3. The summed E-state index contributed by atoms with van der Waals surface area (Å²) in [7, 11) is 1.65. The van der Waals surface area contributed by atoms with Crippen molar-refractivity contribution in [1.82, 2.24) is 4.98 Å². The SMILES string of the molecule is CCCNc1ccnc(COc2ccc(OC)cc2)c1. The molecule has 0 aliphatic heterocycles. The van der Waals surface area contributed by atoms with E-state index in [9.17, 15) is 0 Å². The van der Waals surface area contributed by atoms with Crippen molar-refractivity contribution in [2.45, 2.75) is 20.0 Å². The first kappa shape index (κ1) is 14.2. The van der Waals surface area contributed by atoms with Crippen LogP contribution >= 0.6 is 0 Å². The van der Waals surface area contributed by atoms with Gasteiger partial charge in [0.2, 0.25) is 0 Å². The quantitative estimate of drug-likeness (QED) is 0.838. The predicted octanol–water partition coefficient (Wildman–Crippen LogP) is 3.49. The molecule has 20 heavy (non-hydrogen) atoms. The number of anilines is 1. The van der Waals surface area contributed by atoms with Crippen LogP contribution in [0.25, 0.3) is 0 Å². The van der Waals surface area contributed by atoms with Crippen LogP contribution in [-0.2, 0) is 6.61 Å². The summed E-state index contributed by atoms with van der Waals surface area (Å²) in [5.74, 6) is 1.63. The third-order valence-corrected chi connectivity index (χ3v) is 2.84. The molecule has 0 fully saturated rings. The summed E-state index contributed by atoms with van der Waals surface area (Å²) in [6, 6.07) is 11.5. The Bertz CT molecular complexity index is 526. The Hall–Kier alpha value is -2.23. The highest BCUT2D eigenvalue weighted by molar-refractivity contribution is 5.43. The average molecular weight is 272 g/mol. The zero-order valence-electron chi connectivity index (χ0n) is 11.9. The lowest BCUT2D eigenvalue weighted by molar-refractivity contribution is 0.300. The minimum Gasteiger partial charge on any atom is -0.497 e. The lowest BCUT2D eigenvalue weighted by Gasteiger charge is -2.09. The van der Waals surface area contributed by atoms with Gasteiger partial charge in [0.15, 0.2) is 0 Å². The van der Waals surface area contributed by atoms with Crippen LogP contribution in [0.3, 0.4) is 0 Å². The van der Waals surface area contributed by atoms with E-state index in [-0.39, 0.29) is 0 Å². The molecule has 0 spiro atoms. The van der Waals surface area contributed by atoms with E-state index in [1.807, 2.05) is 36.4 Å². The standard InChI is InChI=1S/C16H20N2O2/c1-3-9-17-13-8-10-18-14(11-13)12-20-16-6-4-15(19-2)5-7-16/h4-8,10-11H,3,9,12H2,1-2H3,(H,17,18). The van der Waals surface area contributed by atoms with Gasteiger partial charge in [0.1, 0.15) is 18.1 Å². The Morgan fingerprint density at radius 1 is 1.10 bits per heavy atom. The smallest absolute Gasteiger partial charge is 0.130 e. The first-order valence-corrected chi connectivity index (χ1v) is 6.77. The van der Waals surface area contributed by atoms with Crippen LogP contribution in [0.1, 0.15) is 19.0 Å².